The second-order valence-electron chi connectivity index (χ2n) is 12.5. The Bertz CT molecular complexity index is 1470. The van der Waals surface area contributed by atoms with Crippen molar-refractivity contribution in [3.63, 3.8) is 0 Å². The maximum absolute atomic E-state index is 12.2. The number of fused-ring (bicyclic) bond motifs is 1. The van der Waals surface area contributed by atoms with Gasteiger partial charge in [0.25, 0.3) is 0 Å². The van der Waals surface area contributed by atoms with Gasteiger partial charge in [-0.15, -0.1) is 5.10 Å². The molecule has 0 unspecified atom stereocenters. The summed E-state index contributed by atoms with van der Waals surface area (Å²) in [5, 5.41) is 30.7. The zero-order valence-electron chi connectivity index (χ0n) is 23.3. The molecule has 1 atom stereocenters. The summed E-state index contributed by atoms with van der Waals surface area (Å²) in [6.07, 6.45) is 1.94. The number of nitrogens with zero attached hydrogens (tertiary/aromatic N) is 2. The van der Waals surface area contributed by atoms with E-state index in [4.69, 9.17) is 15.2 Å². The molecule has 3 saturated carbocycles. The first-order chi connectivity index (χ1) is 18.3. The maximum Gasteiger partial charge on any atom is 0.408 e. The smallest absolute Gasteiger partial charge is 0.408 e. The van der Waals surface area contributed by atoms with Crippen LogP contribution in [0.1, 0.15) is 81.8 Å². The van der Waals surface area contributed by atoms with Gasteiger partial charge in [-0.25, -0.2) is 4.79 Å². The monoisotopic (exact) mass is 529 g/mol. The van der Waals surface area contributed by atoms with Crippen molar-refractivity contribution in [2.45, 2.75) is 84.0 Å². The van der Waals surface area contributed by atoms with Gasteiger partial charge in [-0.2, -0.15) is 5.26 Å². The topological polar surface area (TPSA) is 146 Å². The molecule has 2 bridgehead atoms. The van der Waals surface area contributed by atoms with Gasteiger partial charge in [-0.1, -0.05) is 31.8 Å². The van der Waals surface area contributed by atoms with Gasteiger partial charge in [-0.3, -0.25) is 5.10 Å². The number of aliphatic hydroxyl groups excluding tert-OH is 1. The molecular formula is C30H35N5O4. The van der Waals surface area contributed by atoms with Crippen LogP contribution in [-0.2, 0) is 16.8 Å². The molecule has 3 aliphatic carbocycles. The molecule has 1 aromatic heterocycles. The molecule has 0 radical (unpaired) electrons. The van der Waals surface area contributed by atoms with E-state index in [1.54, 1.807) is 0 Å². The first-order valence-electron chi connectivity index (χ1n) is 13.2. The number of aryl methyl sites for hydroxylation is 1. The molecule has 2 heterocycles. The molecule has 1 aromatic carbocycles. The number of benzene rings is 1. The molecule has 5 N–H and O–H groups in total. The molecule has 2 aromatic rings. The van der Waals surface area contributed by atoms with Crippen molar-refractivity contribution in [3.05, 3.63) is 57.6 Å². The number of carbonyl (C=O) groups excluding carboxylic acids is 1. The van der Waals surface area contributed by atoms with E-state index in [1.807, 2.05) is 59.7 Å². The van der Waals surface area contributed by atoms with Crippen LogP contribution in [0, 0.1) is 41.4 Å². The van der Waals surface area contributed by atoms with Crippen LogP contribution in [0.2, 0.25) is 0 Å². The normalized spacial score (nSPS) is 26.7. The lowest BCUT2D eigenvalue weighted by atomic mass is 9.40. The number of hydrogen-bond donors (Lipinski definition) is 4. The second-order valence-corrected chi connectivity index (χ2v) is 12.5. The highest BCUT2D eigenvalue weighted by atomic mass is 16.6. The number of ether oxygens (including phenoxy) is 2. The average molecular weight is 530 g/mol. The fourth-order valence-electron chi connectivity index (χ4n) is 6.62. The fourth-order valence-corrected chi connectivity index (χ4v) is 6.62. The Morgan fingerprint density at radius 1 is 1.31 bits per heavy atom. The number of carbonyl (C=O) groups is 1. The van der Waals surface area contributed by atoms with Gasteiger partial charge in [0.2, 0.25) is 11.8 Å². The minimum absolute atomic E-state index is 0.0175. The van der Waals surface area contributed by atoms with Gasteiger partial charge in [-0.05, 0) is 76.1 Å². The Balaban J connectivity index is 1.49. The number of aromatic nitrogens is 2. The molecule has 4 aliphatic rings. The number of rotatable bonds is 4. The Labute approximate surface area is 228 Å². The van der Waals surface area contributed by atoms with Crippen LogP contribution in [-0.4, -0.2) is 32.5 Å². The van der Waals surface area contributed by atoms with E-state index in [0.29, 0.717) is 17.0 Å². The average Bonchev–Trinajstić information content (AvgIpc) is 3.17. The van der Waals surface area contributed by atoms with Crippen LogP contribution in [0.25, 0.3) is 0 Å². The molecule has 204 valence electrons. The minimum Gasteiger partial charge on any atom is -0.444 e. The Morgan fingerprint density at radius 2 is 2.00 bits per heavy atom. The maximum atomic E-state index is 12.2. The molecule has 9 nitrogen and oxygen atoms in total. The van der Waals surface area contributed by atoms with Crippen LogP contribution in [0.15, 0.2) is 29.7 Å². The summed E-state index contributed by atoms with van der Waals surface area (Å²) in [5.41, 5.74) is 8.45. The summed E-state index contributed by atoms with van der Waals surface area (Å²) >= 11 is 0. The summed E-state index contributed by atoms with van der Waals surface area (Å²) in [6, 6.07) is 8.04. The Hall–Kier alpha value is -3.95. The lowest BCUT2D eigenvalue weighted by molar-refractivity contribution is -0.107. The predicted molar refractivity (Wildman–Crippen MR) is 144 cm³/mol. The number of nitrogens with two attached hydrogens (primary N) is 1. The zero-order valence-corrected chi connectivity index (χ0v) is 23.3. The highest BCUT2D eigenvalue weighted by Gasteiger charge is 2.68. The highest BCUT2D eigenvalue weighted by molar-refractivity contribution is 5.70. The summed E-state index contributed by atoms with van der Waals surface area (Å²) in [7, 11) is 0. The number of nitriles is 1. The third kappa shape index (κ3) is 4.22. The van der Waals surface area contributed by atoms with Crippen LogP contribution in [0.5, 0.6) is 5.88 Å². The van der Waals surface area contributed by atoms with E-state index >= 15 is 0 Å². The number of aromatic amines is 1. The molecule has 3 fully saturated rings. The molecule has 6 rings (SSSR count). The SMILES string of the molecule is Cc1[nH]nc2c1[C@](c1cc(C#CC34CC(NC(=O)OC(C)(C)C)(C3)C4)cc(CO)c1)(C(C)C)C(C#N)=C(N)O2. The lowest BCUT2D eigenvalue weighted by Crippen LogP contribution is -2.74. The van der Waals surface area contributed by atoms with Gasteiger partial charge in [0.15, 0.2) is 0 Å². The van der Waals surface area contributed by atoms with Crippen molar-refractivity contribution >= 4 is 6.09 Å². The van der Waals surface area contributed by atoms with Crippen molar-refractivity contribution < 1.29 is 19.4 Å². The van der Waals surface area contributed by atoms with E-state index in [9.17, 15) is 15.2 Å². The van der Waals surface area contributed by atoms with Crippen molar-refractivity contribution in [2.24, 2.45) is 17.1 Å². The Morgan fingerprint density at radius 3 is 2.59 bits per heavy atom. The molecular weight excluding hydrogens is 494 g/mol. The molecule has 9 heteroatoms. The van der Waals surface area contributed by atoms with E-state index in [2.05, 4.69) is 33.4 Å². The minimum atomic E-state index is -0.942. The second kappa shape index (κ2) is 8.79. The van der Waals surface area contributed by atoms with Crippen LogP contribution < -0.4 is 15.8 Å². The standard InChI is InChI=1S/C30H35N5O4/c1-17(2)30(22(12-31)24(32)38-25-23(30)18(3)34-35-25)21-10-19(9-20(11-21)13-36)7-8-28-14-29(15-28,16-28)33-26(37)39-27(4,5)6/h9-11,17,36H,13-16,32H2,1-6H3,(H,33,37)(H,34,35)/t28?,29?,30-/m0/s1. The van der Waals surface area contributed by atoms with Crippen LogP contribution >= 0.6 is 0 Å². The third-order valence-corrected chi connectivity index (χ3v) is 8.03. The predicted octanol–water partition coefficient (Wildman–Crippen LogP) is 4.04. The van der Waals surface area contributed by atoms with Crippen molar-refractivity contribution in [3.8, 4) is 23.8 Å². The summed E-state index contributed by atoms with van der Waals surface area (Å²) in [6.45, 7) is 11.3. The van der Waals surface area contributed by atoms with E-state index < -0.39 is 17.1 Å². The van der Waals surface area contributed by atoms with Gasteiger partial charge in [0.05, 0.1) is 17.6 Å². The van der Waals surface area contributed by atoms with Gasteiger partial charge in [0, 0.05) is 22.2 Å². The molecule has 39 heavy (non-hydrogen) atoms. The van der Waals surface area contributed by atoms with Gasteiger partial charge < -0.3 is 25.6 Å². The summed E-state index contributed by atoms with van der Waals surface area (Å²) in [5.74, 6) is 7.03. The van der Waals surface area contributed by atoms with E-state index in [-0.39, 0.29) is 29.4 Å². The number of aliphatic hydroxyl groups is 1. The highest BCUT2D eigenvalue weighted by Crippen LogP contribution is 2.67. The van der Waals surface area contributed by atoms with Gasteiger partial charge in [0.1, 0.15) is 17.2 Å². The molecule has 1 aliphatic heterocycles. The summed E-state index contributed by atoms with van der Waals surface area (Å²) < 4.78 is 11.1. The quantitative estimate of drug-likeness (QED) is 0.437. The largest absolute Gasteiger partial charge is 0.444 e. The fraction of sp³-hybridized carbons (Fsp3) is 0.500. The van der Waals surface area contributed by atoms with Crippen molar-refractivity contribution in [1.29, 1.82) is 5.26 Å². The van der Waals surface area contributed by atoms with Crippen LogP contribution in [0.3, 0.4) is 0 Å². The van der Waals surface area contributed by atoms with Gasteiger partial charge >= 0.3 is 6.09 Å². The zero-order chi connectivity index (χ0) is 28.4. The number of amides is 1. The number of alkyl carbamates (subject to hydrolysis) is 1. The molecule has 0 saturated heterocycles. The van der Waals surface area contributed by atoms with Crippen LogP contribution in [0.4, 0.5) is 4.79 Å². The van der Waals surface area contributed by atoms with E-state index in [0.717, 1.165) is 41.6 Å². The number of nitrogens with one attached hydrogen (secondary N) is 2. The van der Waals surface area contributed by atoms with E-state index in [1.165, 1.54) is 0 Å². The lowest BCUT2D eigenvalue weighted by Gasteiger charge is -2.67. The van der Waals surface area contributed by atoms with Crippen molar-refractivity contribution in [1.82, 2.24) is 15.5 Å². The van der Waals surface area contributed by atoms with Crippen molar-refractivity contribution in [2.75, 3.05) is 0 Å². The number of allylic oxidation sites excluding steroid dienone is 1. The molecule has 1 amide bonds. The first-order valence-corrected chi connectivity index (χ1v) is 13.2. The molecule has 0 spiro atoms. The number of H-pyrrole nitrogens is 1. The summed E-state index contributed by atoms with van der Waals surface area (Å²) in [4.78, 5) is 12.2. The first kappa shape index (κ1) is 26.6. The Kier molecular flexibility index (Phi) is 6.01. The number of hydrogen-bond acceptors (Lipinski definition) is 7. The third-order valence-electron chi connectivity index (χ3n) is 8.03.